The molecule has 15 heavy (non-hydrogen) atoms. The van der Waals surface area contributed by atoms with Crippen LogP contribution in [-0.2, 0) is 0 Å². The van der Waals surface area contributed by atoms with Gasteiger partial charge in [0.1, 0.15) is 17.2 Å². The van der Waals surface area contributed by atoms with E-state index in [-0.39, 0.29) is 0 Å². The molecule has 2 rings (SSSR count). The molecule has 0 amide bonds. The fraction of sp³-hybridized carbons (Fsp3) is 0.600. The van der Waals surface area contributed by atoms with Crippen molar-refractivity contribution in [3.63, 3.8) is 0 Å². The third kappa shape index (κ3) is 2.15. The van der Waals surface area contributed by atoms with Gasteiger partial charge in [-0.15, -0.1) is 0 Å². The lowest BCUT2D eigenvalue weighted by Gasteiger charge is -2.31. The Balaban J connectivity index is 2.19. The number of rotatable bonds is 1. The number of hydrogen-bond donors (Lipinski definition) is 1. The number of anilines is 2. The second-order valence-corrected chi connectivity index (χ2v) is 4.44. The zero-order valence-electron chi connectivity index (χ0n) is 8.78. The van der Waals surface area contributed by atoms with Crippen molar-refractivity contribution in [2.24, 2.45) is 5.92 Å². The van der Waals surface area contributed by atoms with Gasteiger partial charge in [-0.25, -0.2) is 9.97 Å². The summed E-state index contributed by atoms with van der Waals surface area (Å²) in [5, 5.41) is 0.479. The lowest BCUT2D eigenvalue weighted by atomic mass is 9.99. The standard InChI is InChI=1S/C10H15ClN4/c1-7-2-4-15(5-3-7)10-8(11)9(12)13-6-14-10/h6-7H,2-5H2,1H3,(H2,12,13,14). The summed E-state index contributed by atoms with van der Waals surface area (Å²) in [5.41, 5.74) is 5.64. The topological polar surface area (TPSA) is 55.0 Å². The fourth-order valence-corrected chi connectivity index (χ4v) is 2.03. The average molecular weight is 227 g/mol. The van der Waals surface area contributed by atoms with Gasteiger partial charge in [0.05, 0.1) is 0 Å². The highest BCUT2D eigenvalue weighted by atomic mass is 35.5. The molecule has 4 nitrogen and oxygen atoms in total. The van der Waals surface area contributed by atoms with Crippen LogP contribution in [0.15, 0.2) is 6.33 Å². The molecule has 0 saturated carbocycles. The maximum Gasteiger partial charge on any atom is 0.153 e. The summed E-state index contributed by atoms with van der Waals surface area (Å²) in [6.45, 7) is 4.27. The molecule has 0 bridgehead atoms. The van der Waals surface area contributed by atoms with Crippen molar-refractivity contribution in [2.45, 2.75) is 19.8 Å². The van der Waals surface area contributed by atoms with Crippen LogP contribution in [0.25, 0.3) is 0 Å². The normalized spacial score (nSPS) is 18.1. The molecule has 0 aliphatic carbocycles. The molecule has 1 saturated heterocycles. The summed E-state index contributed by atoms with van der Waals surface area (Å²) in [5.74, 6) is 1.93. The minimum absolute atomic E-state index is 0.361. The van der Waals surface area contributed by atoms with Crippen LogP contribution in [-0.4, -0.2) is 23.1 Å². The molecule has 2 N–H and O–H groups in total. The van der Waals surface area contributed by atoms with Crippen molar-refractivity contribution in [3.05, 3.63) is 11.3 Å². The quantitative estimate of drug-likeness (QED) is 0.795. The number of piperidine rings is 1. The lowest BCUT2D eigenvalue weighted by molar-refractivity contribution is 0.436. The van der Waals surface area contributed by atoms with Crippen molar-refractivity contribution in [1.29, 1.82) is 0 Å². The minimum atomic E-state index is 0.361. The van der Waals surface area contributed by atoms with Gasteiger partial charge in [0.25, 0.3) is 0 Å². The largest absolute Gasteiger partial charge is 0.382 e. The summed E-state index contributed by atoms with van der Waals surface area (Å²) >= 11 is 6.07. The average Bonchev–Trinajstić information content (AvgIpc) is 2.24. The van der Waals surface area contributed by atoms with E-state index in [1.807, 2.05) is 0 Å². The zero-order valence-corrected chi connectivity index (χ0v) is 9.54. The fourth-order valence-electron chi connectivity index (χ4n) is 1.81. The number of hydrogen-bond acceptors (Lipinski definition) is 4. The third-order valence-electron chi connectivity index (χ3n) is 2.88. The van der Waals surface area contributed by atoms with Gasteiger partial charge < -0.3 is 10.6 Å². The molecule has 1 aliphatic rings. The molecule has 0 radical (unpaired) electrons. The van der Waals surface area contributed by atoms with Crippen LogP contribution in [0, 0.1) is 5.92 Å². The summed E-state index contributed by atoms with van der Waals surface area (Å²) in [4.78, 5) is 10.2. The molecular weight excluding hydrogens is 212 g/mol. The number of halogens is 1. The number of nitrogens with two attached hydrogens (primary N) is 1. The Hall–Kier alpha value is -1.03. The summed E-state index contributed by atoms with van der Waals surface area (Å²) in [6.07, 6.45) is 3.83. The molecule has 82 valence electrons. The molecule has 1 aromatic rings. The molecule has 5 heteroatoms. The van der Waals surface area contributed by atoms with Gasteiger partial charge in [0, 0.05) is 13.1 Å². The van der Waals surface area contributed by atoms with Crippen LogP contribution in [0.3, 0.4) is 0 Å². The van der Waals surface area contributed by atoms with Crippen molar-refractivity contribution >= 4 is 23.2 Å². The van der Waals surface area contributed by atoms with Gasteiger partial charge >= 0.3 is 0 Å². The smallest absolute Gasteiger partial charge is 0.153 e. The van der Waals surface area contributed by atoms with E-state index >= 15 is 0 Å². The minimum Gasteiger partial charge on any atom is -0.382 e. The van der Waals surface area contributed by atoms with Gasteiger partial charge in [-0.05, 0) is 18.8 Å². The summed E-state index contributed by atoms with van der Waals surface area (Å²) in [6, 6.07) is 0. The third-order valence-corrected chi connectivity index (χ3v) is 3.24. The van der Waals surface area contributed by atoms with E-state index < -0.39 is 0 Å². The monoisotopic (exact) mass is 226 g/mol. The summed E-state index contributed by atoms with van der Waals surface area (Å²) in [7, 11) is 0. The van der Waals surface area contributed by atoms with Crippen molar-refractivity contribution in [1.82, 2.24) is 9.97 Å². The number of nitrogens with zero attached hydrogens (tertiary/aromatic N) is 3. The Morgan fingerprint density at radius 1 is 1.40 bits per heavy atom. The molecule has 2 heterocycles. The van der Waals surface area contributed by atoms with Gasteiger partial charge in [-0.2, -0.15) is 0 Å². The van der Waals surface area contributed by atoms with Crippen LogP contribution in [0.1, 0.15) is 19.8 Å². The SMILES string of the molecule is CC1CCN(c2ncnc(N)c2Cl)CC1. The highest BCUT2D eigenvalue weighted by molar-refractivity contribution is 6.35. The highest BCUT2D eigenvalue weighted by Gasteiger charge is 2.19. The van der Waals surface area contributed by atoms with Crippen molar-refractivity contribution in [3.8, 4) is 0 Å². The highest BCUT2D eigenvalue weighted by Crippen LogP contribution is 2.29. The lowest BCUT2D eigenvalue weighted by Crippen LogP contribution is -2.33. The van der Waals surface area contributed by atoms with Gasteiger partial charge in [0.2, 0.25) is 0 Å². The maximum absolute atomic E-state index is 6.07. The van der Waals surface area contributed by atoms with E-state index in [2.05, 4.69) is 21.8 Å². The first-order valence-electron chi connectivity index (χ1n) is 5.19. The molecule has 0 aromatic carbocycles. The van der Waals surface area contributed by atoms with Crippen LogP contribution in [0.4, 0.5) is 11.6 Å². The second-order valence-electron chi connectivity index (χ2n) is 4.07. The molecular formula is C10H15ClN4. The van der Waals surface area contributed by atoms with E-state index in [9.17, 15) is 0 Å². The van der Waals surface area contributed by atoms with E-state index in [4.69, 9.17) is 17.3 Å². The van der Waals surface area contributed by atoms with Gasteiger partial charge in [-0.1, -0.05) is 18.5 Å². The van der Waals surface area contributed by atoms with Gasteiger partial charge in [-0.3, -0.25) is 0 Å². The van der Waals surface area contributed by atoms with E-state index in [1.165, 1.54) is 19.2 Å². The molecule has 1 aromatic heterocycles. The second kappa shape index (κ2) is 4.23. The maximum atomic E-state index is 6.07. The zero-order chi connectivity index (χ0) is 10.8. The molecule has 0 unspecified atom stereocenters. The van der Waals surface area contributed by atoms with Crippen molar-refractivity contribution in [2.75, 3.05) is 23.7 Å². The Bertz CT molecular complexity index is 347. The van der Waals surface area contributed by atoms with Crippen molar-refractivity contribution < 1.29 is 0 Å². The molecule has 0 spiro atoms. The molecule has 1 fully saturated rings. The molecule has 0 atom stereocenters. The van der Waals surface area contributed by atoms with Crippen LogP contribution in [0.2, 0.25) is 5.02 Å². The van der Waals surface area contributed by atoms with Gasteiger partial charge in [0.15, 0.2) is 5.82 Å². The van der Waals surface area contributed by atoms with Crippen LogP contribution < -0.4 is 10.6 Å². The van der Waals surface area contributed by atoms with Crippen LogP contribution >= 0.6 is 11.6 Å². The first kappa shape index (κ1) is 10.5. The van der Waals surface area contributed by atoms with Crippen LogP contribution in [0.5, 0.6) is 0 Å². The predicted octanol–water partition coefficient (Wildman–Crippen LogP) is 1.95. The summed E-state index contributed by atoms with van der Waals surface area (Å²) < 4.78 is 0. The molecule has 1 aliphatic heterocycles. The first-order valence-corrected chi connectivity index (χ1v) is 5.57. The first-order chi connectivity index (χ1) is 7.18. The van der Waals surface area contributed by atoms with E-state index in [0.29, 0.717) is 10.8 Å². The Kier molecular flexibility index (Phi) is 2.95. The number of aromatic nitrogens is 2. The Labute approximate surface area is 94.5 Å². The Morgan fingerprint density at radius 2 is 2.07 bits per heavy atom. The predicted molar refractivity (Wildman–Crippen MR) is 62.1 cm³/mol. The van der Waals surface area contributed by atoms with E-state index in [0.717, 1.165) is 24.8 Å². The Morgan fingerprint density at radius 3 is 2.73 bits per heavy atom. The number of nitrogen functional groups attached to an aromatic ring is 1. The van der Waals surface area contributed by atoms with E-state index in [1.54, 1.807) is 0 Å².